The fourth-order valence-corrected chi connectivity index (χ4v) is 2.79. The molecule has 0 aliphatic heterocycles. The summed E-state index contributed by atoms with van der Waals surface area (Å²) in [6.45, 7) is 6.53. The summed E-state index contributed by atoms with van der Waals surface area (Å²) in [4.78, 5) is 0. The van der Waals surface area contributed by atoms with Gasteiger partial charge in [0.1, 0.15) is 0 Å². The van der Waals surface area contributed by atoms with Crippen molar-refractivity contribution in [3.63, 3.8) is 0 Å². The average molecular weight is 231 g/mol. The molecule has 1 heteroatoms. The normalized spacial score (nSPS) is 25.9. The van der Waals surface area contributed by atoms with Gasteiger partial charge in [0.15, 0.2) is 0 Å². The molecule has 1 saturated carbocycles. The minimum absolute atomic E-state index is 0.224. The summed E-state index contributed by atoms with van der Waals surface area (Å²) >= 11 is 0. The van der Waals surface area contributed by atoms with Gasteiger partial charge in [0.25, 0.3) is 0 Å². The average Bonchev–Trinajstić information content (AvgIpc) is 2.29. The molecule has 0 atom stereocenters. The zero-order chi connectivity index (χ0) is 12.5. The van der Waals surface area contributed by atoms with E-state index in [0.29, 0.717) is 0 Å². The van der Waals surface area contributed by atoms with Crippen LogP contribution in [0.4, 0.5) is 0 Å². The van der Waals surface area contributed by atoms with Crippen molar-refractivity contribution in [1.29, 1.82) is 0 Å². The van der Waals surface area contributed by atoms with E-state index in [4.69, 9.17) is 5.73 Å². The lowest BCUT2D eigenvalue weighted by atomic mass is 9.78. The molecule has 1 aromatic carbocycles. The Morgan fingerprint density at radius 3 is 2.35 bits per heavy atom. The molecule has 1 aromatic rings. The molecule has 1 aliphatic rings. The molecule has 0 saturated heterocycles. The van der Waals surface area contributed by atoms with Crippen molar-refractivity contribution in [2.24, 2.45) is 11.7 Å². The highest BCUT2D eigenvalue weighted by atomic mass is 14.7. The molecule has 1 nitrogen and oxygen atoms in total. The van der Waals surface area contributed by atoms with Gasteiger partial charge in [0, 0.05) is 5.54 Å². The topological polar surface area (TPSA) is 26.0 Å². The van der Waals surface area contributed by atoms with Crippen LogP contribution in [-0.4, -0.2) is 0 Å². The van der Waals surface area contributed by atoms with Crippen molar-refractivity contribution in [2.45, 2.75) is 57.9 Å². The van der Waals surface area contributed by atoms with Crippen LogP contribution < -0.4 is 5.73 Å². The molecule has 0 radical (unpaired) electrons. The van der Waals surface area contributed by atoms with E-state index in [1.165, 1.54) is 36.8 Å². The second kappa shape index (κ2) is 4.81. The lowest BCUT2D eigenvalue weighted by Crippen LogP contribution is -2.28. The monoisotopic (exact) mass is 231 g/mol. The van der Waals surface area contributed by atoms with E-state index in [9.17, 15) is 0 Å². The standard InChI is InChI=1S/C16H25N/c1-12-7-9-13(10-8-12)14-5-4-6-15(11-14)16(2,3)17/h4-6,11-13H,7-10,17H2,1-3H3. The second-order valence-electron chi connectivity index (χ2n) is 6.30. The van der Waals surface area contributed by atoms with E-state index in [1.54, 1.807) is 0 Å². The van der Waals surface area contributed by atoms with Gasteiger partial charge in [-0.25, -0.2) is 0 Å². The minimum Gasteiger partial charge on any atom is -0.322 e. The summed E-state index contributed by atoms with van der Waals surface area (Å²) in [6, 6.07) is 8.91. The molecule has 0 aromatic heterocycles. The first kappa shape index (κ1) is 12.6. The van der Waals surface area contributed by atoms with Gasteiger partial charge < -0.3 is 5.73 Å². The highest BCUT2D eigenvalue weighted by Crippen LogP contribution is 2.36. The third-order valence-corrected chi connectivity index (χ3v) is 4.12. The molecular formula is C16H25N. The Morgan fingerprint density at radius 2 is 1.76 bits per heavy atom. The van der Waals surface area contributed by atoms with Gasteiger partial charge in [0.2, 0.25) is 0 Å². The SMILES string of the molecule is CC1CCC(c2cccc(C(C)(C)N)c2)CC1. The van der Waals surface area contributed by atoms with Gasteiger partial charge in [-0.1, -0.05) is 44.0 Å². The Kier molecular flexibility index (Phi) is 3.58. The molecule has 1 fully saturated rings. The summed E-state index contributed by atoms with van der Waals surface area (Å²) in [5.41, 5.74) is 8.70. The number of nitrogens with two attached hydrogens (primary N) is 1. The van der Waals surface area contributed by atoms with Crippen LogP contribution in [0, 0.1) is 5.92 Å². The summed E-state index contributed by atoms with van der Waals surface area (Å²) < 4.78 is 0. The largest absolute Gasteiger partial charge is 0.322 e. The lowest BCUT2D eigenvalue weighted by Gasteiger charge is -2.28. The van der Waals surface area contributed by atoms with Gasteiger partial charge in [-0.2, -0.15) is 0 Å². The molecule has 94 valence electrons. The van der Waals surface area contributed by atoms with E-state index in [-0.39, 0.29) is 5.54 Å². The molecule has 17 heavy (non-hydrogen) atoms. The Balaban J connectivity index is 2.16. The van der Waals surface area contributed by atoms with E-state index < -0.39 is 0 Å². The van der Waals surface area contributed by atoms with Crippen LogP contribution in [0.1, 0.15) is 63.5 Å². The maximum absolute atomic E-state index is 6.18. The van der Waals surface area contributed by atoms with Crippen LogP contribution >= 0.6 is 0 Å². The fourth-order valence-electron chi connectivity index (χ4n) is 2.79. The van der Waals surface area contributed by atoms with Crippen LogP contribution in [-0.2, 0) is 5.54 Å². The Labute approximate surface area is 105 Å². The fraction of sp³-hybridized carbons (Fsp3) is 0.625. The quantitative estimate of drug-likeness (QED) is 0.812. The van der Waals surface area contributed by atoms with E-state index >= 15 is 0 Å². The predicted molar refractivity (Wildman–Crippen MR) is 74.0 cm³/mol. The minimum atomic E-state index is -0.224. The van der Waals surface area contributed by atoms with Gasteiger partial charge in [-0.3, -0.25) is 0 Å². The molecule has 0 spiro atoms. The number of hydrogen-bond donors (Lipinski definition) is 1. The molecule has 1 aliphatic carbocycles. The first-order valence-corrected chi connectivity index (χ1v) is 6.86. The lowest BCUT2D eigenvalue weighted by molar-refractivity contribution is 0.347. The first-order valence-electron chi connectivity index (χ1n) is 6.86. The van der Waals surface area contributed by atoms with Crippen molar-refractivity contribution < 1.29 is 0 Å². The third kappa shape index (κ3) is 3.10. The smallest absolute Gasteiger partial charge is 0.0352 e. The summed E-state index contributed by atoms with van der Waals surface area (Å²) in [6.07, 6.45) is 5.44. The Hall–Kier alpha value is -0.820. The Morgan fingerprint density at radius 1 is 1.12 bits per heavy atom. The van der Waals surface area contributed by atoms with E-state index in [0.717, 1.165) is 11.8 Å². The van der Waals surface area contributed by atoms with Crippen molar-refractivity contribution in [3.8, 4) is 0 Å². The van der Waals surface area contributed by atoms with Crippen LogP contribution in [0.2, 0.25) is 0 Å². The van der Waals surface area contributed by atoms with Gasteiger partial charge in [-0.05, 0) is 49.7 Å². The summed E-state index contributed by atoms with van der Waals surface area (Å²) in [5.74, 6) is 1.67. The van der Waals surface area contributed by atoms with Crippen LogP contribution in [0.5, 0.6) is 0 Å². The molecular weight excluding hydrogens is 206 g/mol. The van der Waals surface area contributed by atoms with Crippen molar-refractivity contribution in [2.75, 3.05) is 0 Å². The van der Waals surface area contributed by atoms with Gasteiger partial charge >= 0.3 is 0 Å². The highest BCUT2D eigenvalue weighted by molar-refractivity contribution is 5.30. The molecule has 0 bridgehead atoms. The molecule has 0 heterocycles. The van der Waals surface area contributed by atoms with Gasteiger partial charge in [-0.15, -0.1) is 0 Å². The van der Waals surface area contributed by atoms with Crippen LogP contribution in [0.3, 0.4) is 0 Å². The molecule has 0 unspecified atom stereocenters. The molecule has 2 rings (SSSR count). The second-order valence-corrected chi connectivity index (χ2v) is 6.30. The van der Waals surface area contributed by atoms with Crippen LogP contribution in [0.25, 0.3) is 0 Å². The van der Waals surface area contributed by atoms with Crippen molar-refractivity contribution in [3.05, 3.63) is 35.4 Å². The first-order chi connectivity index (χ1) is 7.97. The van der Waals surface area contributed by atoms with E-state index in [1.807, 2.05) is 0 Å². The van der Waals surface area contributed by atoms with Crippen molar-refractivity contribution in [1.82, 2.24) is 0 Å². The molecule has 2 N–H and O–H groups in total. The number of benzene rings is 1. The predicted octanol–water partition coefficient (Wildman–Crippen LogP) is 4.17. The van der Waals surface area contributed by atoms with Crippen molar-refractivity contribution >= 4 is 0 Å². The number of rotatable bonds is 2. The van der Waals surface area contributed by atoms with Gasteiger partial charge in [0.05, 0.1) is 0 Å². The highest BCUT2D eigenvalue weighted by Gasteiger charge is 2.21. The Bertz CT molecular complexity index is 367. The maximum Gasteiger partial charge on any atom is 0.0352 e. The zero-order valence-corrected chi connectivity index (χ0v) is 11.4. The third-order valence-electron chi connectivity index (χ3n) is 4.12. The summed E-state index contributed by atoms with van der Waals surface area (Å²) in [5, 5.41) is 0. The maximum atomic E-state index is 6.18. The molecule has 0 amide bonds. The number of hydrogen-bond acceptors (Lipinski definition) is 1. The van der Waals surface area contributed by atoms with Crippen LogP contribution in [0.15, 0.2) is 24.3 Å². The summed E-state index contributed by atoms with van der Waals surface area (Å²) in [7, 11) is 0. The van der Waals surface area contributed by atoms with E-state index in [2.05, 4.69) is 45.0 Å². The zero-order valence-electron chi connectivity index (χ0n) is 11.4.